The van der Waals surface area contributed by atoms with Gasteiger partial charge in [0.25, 0.3) is 0 Å². The Morgan fingerprint density at radius 1 is 1.19 bits per heavy atom. The molecule has 16 heavy (non-hydrogen) atoms. The van der Waals surface area contributed by atoms with Crippen molar-refractivity contribution >= 4 is 0 Å². The van der Waals surface area contributed by atoms with Crippen LogP contribution in [0.4, 0.5) is 13.2 Å². The molecule has 0 aromatic heterocycles. The van der Waals surface area contributed by atoms with E-state index in [4.69, 9.17) is 9.47 Å². The van der Waals surface area contributed by atoms with Gasteiger partial charge >= 0.3 is 6.18 Å². The van der Waals surface area contributed by atoms with Gasteiger partial charge in [0.2, 0.25) is 0 Å². The van der Waals surface area contributed by atoms with Crippen LogP contribution >= 0.6 is 0 Å². The maximum Gasteiger partial charge on any atom is 0.411 e. The van der Waals surface area contributed by atoms with Crippen LogP contribution in [0.3, 0.4) is 0 Å². The molecule has 0 saturated heterocycles. The summed E-state index contributed by atoms with van der Waals surface area (Å²) >= 11 is 0. The van der Waals surface area contributed by atoms with Crippen LogP contribution in [0.1, 0.15) is 18.6 Å². The highest BCUT2D eigenvalue weighted by molar-refractivity contribution is 5.28. The number of halogens is 3. The predicted octanol–water partition coefficient (Wildman–Crippen LogP) is 3.34. The molecule has 0 aliphatic carbocycles. The van der Waals surface area contributed by atoms with E-state index in [1.807, 2.05) is 0 Å². The lowest BCUT2D eigenvalue weighted by Crippen LogP contribution is -2.18. The first kappa shape index (κ1) is 12.8. The summed E-state index contributed by atoms with van der Waals surface area (Å²) in [6.07, 6.45) is -4.88. The van der Waals surface area contributed by atoms with Gasteiger partial charge in [-0.25, -0.2) is 0 Å². The van der Waals surface area contributed by atoms with E-state index in [0.29, 0.717) is 11.3 Å². The highest BCUT2D eigenvalue weighted by Gasteiger charge is 2.28. The smallest absolute Gasteiger partial charge is 0.411 e. The van der Waals surface area contributed by atoms with Crippen LogP contribution in [0.15, 0.2) is 24.3 Å². The number of alkyl halides is 3. The van der Waals surface area contributed by atoms with Gasteiger partial charge in [-0.3, -0.25) is 0 Å². The molecule has 0 N–H and O–H groups in total. The molecule has 5 heteroatoms. The van der Waals surface area contributed by atoms with Crippen LogP contribution in [-0.2, 0) is 4.74 Å². The summed E-state index contributed by atoms with van der Waals surface area (Å²) in [6.45, 7) is 0.341. The topological polar surface area (TPSA) is 18.5 Å². The third-order valence-electron chi connectivity index (χ3n) is 2.08. The maximum absolute atomic E-state index is 11.9. The molecule has 1 unspecified atom stereocenters. The highest BCUT2D eigenvalue weighted by atomic mass is 19.4. The molecule has 90 valence electrons. The Kier molecular flexibility index (Phi) is 4.18. The largest absolute Gasteiger partial charge is 0.497 e. The van der Waals surface area contributed by atoms with E-state index in [9.17, 15) is 13.2 Å². The van der Waals surface area contributed by atoms with Crippen molar-refractivity contribution in [1.29, 1.82) is 0 Å². The Hall–Kier alpha value is -1.23. The zero-order valence-corrected chi connectivity index (χ0v) is 9.04. The van der Waals surface area contributed by atoms with Crippen LogP contribution in [0.5, 0.6) is 5.75 Å². The zero-order valence-electron chi connectivity index (χ0n) is 9.04. The number of ether oxygens (including phenoxy) is 2. The average Bonchev–Trinajstić information content (AvgIpc) is 2.25. The Morgan fingerprint density at radius 3 is 2.19 bits per heavy atom. The van der Waals surface area contributed by atoms with E-state index in [-0.39, 0.29) is 0 Å². The van der Waals surface area contributed by atoms with Crippen molar-refractivity contribution < 1.29 is 22.6 Å². The van der Waals surface area contributed by atoms with Gasteiger partial charge in [0.15, 0.2) is 0 Å². The molecule has 2 nitrogen and oxygen atoms in total. The lowest BCUT2D eigenvalue weighted by molar-refractivity contribution is -0.184. The monoisotopic (exact) mass is 234 g/mol. The lowest BCUT2D eigenvalue weighted by Gasteiger charge is -2.15. The third-order valence-corrected chi connectivity index (χ3v) is 2.08. The van der Waals surface area contributed by atoms with Gasteiger partial charge in [-0.1, -0.05) is 12.1 Å². The Balaban J connectivity index is 2.56. The summed E-state index contributed by atoms with van der Waals surface area (Å²) in [7, 11) is 1.53. The van der Waals surface area contributed by atoms with Crippen molar-refractivity contribution in [2.24, 2.45) is 0 Å². The molecule has 0 amide bonds. The quantitative estimate of drug-likeness (QED) is 0.795. The second-order valence-corrected chi connectivity index (χ2v) is 3.34. The van der Waals surface area contributed by atoms with E-state index in [1.165, 1.54) is 7.11 Å². The van der Waals surface area contributed by atoms with Crippen molar-refractivity contribution in [2.45, 2.75) is 19.2 Å². The molecule has 0 heterocycles. The Morgan fingerprint density at radius 2 is 1.75 bits per heavy atom. The average molecular weight is 234 g/mol. The Bertz CT molecular complexity index is 319. The van der Waals surface area contributed by atoms with Gasteiger partial charge in [-0.05, 0) is 24.6 Å². The van der Waals surface area contributed by atoms with Crippen molar-refractivity contribution in [2.75, 3.05) is 13.7 Å². The van der Waals surface area contributed by atoms with E-state index in [1.54, 1.807) is 31.2 Å². The second-order valence-electron chi connectivity index (χ2n) is 3.34. The second kappa shape index (κ2) is 5.21. The fraction of sp³-hybridized carbons (Fsp3) is 0.455. The summed E-state index contributed by atoms with van der Waals surface area (Å²) in [5.41, 5.74) is 0.685. The molecule has 1 rings (SSSR count). The first-order chi connectivity index (χ1) is 7.42. The molecule has 1 aromatic rings. The van der Waals surface area contributed by atoms with Crippen LogP contribution in [0, 0.1) is 0 Å². The normalized spacial score (nSPS) is 13.6. The third kappa shape index (κ3) is 4.10. The summed E-state index contributed by atoms with van der Waals surface area (Å²) in [5, 5.41) is 0. The number of methoxy groups -OCH3 is 1. The van der Waals surface area contributed by atoms with Crippen molar-refractivity contribution in [1.82, 2.24) is 0 Å². The molecular formula is C11H13F3O2. The molecule has 0 aliphatic heterocycles. The van der Waals surface area contributed by atoms with Crippen LogP contribution in [0.25, 0.3) is 0 Å². The minimum absolute atomic E-state index is 0.590. The molecule has 0 spiro atoms. The standard InChI is InChI=1S/C11H13F3O2/c1-8(16-7-11(12,13)14)9-3-5-10(15-2)6-4-9/h3-6,8H,7H2,1-2H3. The molecule has 0 aliphatic rings. The van der Waals surface area contributed by atoms with Gasteiger partial charge in [-0.15, -0.1) is 0 Å². The van der Waals surface area contributed by atoms with Crippen molar-refractivity contribution in [3.63, 3.8) is 0 Å². The van der Waals surface area contributed by atoms with Gasteiger partial charge in [0.05, 0.1) is 13.2 Å². The van der Waals surface area contributed by atoms with E-state index >= 15 is 0 Å². The molecule has 0 saturated carbocycles. The summed E-state index contributed by atoms with van der Waals surface area (Å²) in [6, 6.07) is 6.73. The predicted molar refractivity (Wildman–Crippen MR) is 53.4 cm³/mol. The van der Waals surface area contributed by atoms with Gasteiger partial charge in [0.1, 0.15) is 12.4 Å². The van der Waals surface area contributed by atoms with Gasteiger partial charge in [-0.2, -0.15) is 13.2 Å². The summed E-state index contributed by atoms with van der Waals surface area (Å²) in [5.74, 6) is 0.659. The number of hydrogen-bond acceptors (Lipinski definition) is 2. The van der Waals surface area contributed by atoms with E-state index in [2.05, 4.69) is 0 Å². The fourth-order valence-corrected chi connectivity index (χ4v) is 1.19. The number of hydrogen-bond donors (Lipinski definition) is 0. The summed E-state index contributed by atoms with van der Waals surface area (Å²) < 4.78 is 45.4. The van der Waals surface area contributed by atoms with Crippen molar-refractivity contribution in [3.8, 4) is 5.75 Å². The number of rotatable bonds is 4. The molecule has 1 aromatic carbocycles. The highest BCUT2D eigenvalue weighted by Crippen LogP contribution is 2.23. The minimum Gasteiger partial charge on any atom is -0.497 e. The van der Waals surface area contributed by atoms with Gasteiger partial charge in [0, 0.05) is 0 Å². The van der Waals surface area contributed by atoms with Crippen LogP contribution in [0.2, 0.25) is 0 Å². The molecule has 0 radical (unpaired) electrons. The minimum atomic E-state index is -4.29. The van der Waals surface area contributed by atoms with Crippen molar-refractivity contribution in [3.05, 3.63) is 29.8 Å². The van der Waals surface area contributed by atoms with Crippen LogP contribution in [-0.4, -0.2) is 19.9 Å². The lowest BCUT2D eigenvalue weighted by atomic mass is 10.1. The SMILES string of the molecule is COc1ccc(C(C)OCC(F)(F)F)cc1. The van der Waals surface area contributed by atoms with E-state index in [0.717, 1.165) is 0 Å². The first-order valence-corrected chi connectivity index (χ1v) is 4.74. The summed E-state index contributed by atoms with van der Waals surface area (Å²) in [4.78, 5) is 0. The van der Waals surface area contributed by atoms with Crippen LogP contribution < -0.4 is 4.74 Å². The molecule has 0 bridgehead atoms. The molecule has 1 atom stereocenters. The van der Waals surface area contributed by atoms with E-state index < -0.39 is 18.9 Å². The number of benzene rings is 1. The van der Waals surface area contributed by atoms with Gasteiger partial charge < -0.3 is 9.47 Å². The fourth-order valence-electron chi connectivity index (χ4n) is 1.19. The maximum atomic E-state index is 11.9. The Labute approximate surface area is 92.0 Å². The molecular weight excluding hydrogens is 221 g/mol. The first-order valence-electron chi connectivity index (χ1n) is 4.74. The zero-order chi connectivity index (χ0) is 12.2. The molecule has 0 fully saturated rings.